The summed E-state index contributed by atoms with van der Waals surface area (Å²) in [6.45, 7) is 7.51. The van der Waals surface area contributed by atoms with Gasteiger partial charge in [0.25, 0.3) is 0 Å². The van der Waals surface area contributed by atoms with Crippen LogP contribution in [0, 0.1) is 17.9 Å². The number of hydrogen-bond donors (Lipinski definition) is 0. The highest BCUT2D eigenvalue weighted by molar-refractivity contribution is 6.29. The number of aromatic nitrogens is 4. The van der Waals surface area contributed by atoms with Gasteiger partial charge < -0.3 is 0 Å². The number of fused-ring (bicyclic) bond motifs is 4. The molecule has 0 aliphatic rings. The molecule has 258 valence electrons. The first-order valence-electron chi connectivity index (χ1n) is 18.2. The van der Waals surface area contributed by atoms with Crippen LogP contribution in [0.2, 0.25) is 0 Å². The summed E-state index contributed by atoms with van der Waals surface area (Å²) in [4.78, 5) is 22.6. The number of benzene rings is 6. The molecular weight excluding hydrogens is 685 g/mol. The molecule has 0 bridgehead atoms. The van der Waals surface area contributed by atoms with Crippen LogP contribution in [0.1, 0.15) is 5.56 Å². The minimum atomic E-state index is 0.478. The molecule has 56 heavy (non-hydrogen) atoms. The molecule has 0 spiro atoms. The molecule has 0 saturated carbocycles. The lowest BCUT2D eigenvalue weighted by Crippen LogP contribution is -1.96. The summed E-state index contributed by atoms with van der Waals surface area (Å²) in [6, 6.07) is 52.5. The fourth-order valence-corrected chi connectivity index (χ4v) is 8.09. The fraction of sp³-hybridized carbons (Fsp3) is 0. The lowest BCUT2D eigenvalue weighted by molar-refractivity contribution is 1.27. The molecule has 0 fully saturated rings. The monoisotopic (exact) mass is 712 g/mol. The van der Waals surface area contributed by atoms with Crippen molar-refractivity contribution < 1.29 is 0 Å². The van der Waals surface area contributed by atoms with Gasteiger partial charge >= 0.3 is 0 Å². The average Bonchev–Trinajstić information content (AvgIpc) is 3.27. The lowest BCUT2D eigenvalue weighted by atomic mass is 9.82. The van der Waals surface area contributed by atoms with Crippen molar-refractivity contribution in [2.75, 3.05) is 0 Å². The van der Waals surface area contributed by atoms with Crippen molar-refractivity contribution >= 4 is 48.8 Å². The average molecular weight is 713 g/mol. The van der Waals surface area contributed by atoms with Gasteiger partial charge in [0.05, 0.1) is 34.9 Å². The molecule has 0 aliphatic carbocycles. The van der Waals surface area contributed by atoms with E-state index in [2.05, 4.69) is 130 Å². The molecule has 0 N–H and O–H groups in total. The Morgan fingerprint density at radius 3 is 1.20 bits per heavy atom. The maximum atomic E-state index is 9.55. The maximum Gasteiger partial charge on any atom is 0.205 e. The smallest absolute Gasteiger partial charge is 0.205 e. The van der Waals surface area contributed by atoms with Gasteiger partial charge in [-0.25, -0.2) is 14.8 Å². The van der Waals surface area contributed by atoms with Crippen LogP contribution < -0.4 is 0 Å². The first-order valence-corrected chi connectivity index (χ1v) is 18.2. The standard InChI is InChI=1S/C50H28N6/c1-52-34-25-33(29-54-30-34)44-21-11-23-46(56-44)48-37-14-4-8-18-41(37)50(42-19-9-5-15-38(42)48)49-39-16-6-2-12-35(39)47(36-13-3-7-17-40(36)49)45-22-10-20-43(55-45)32-24-31(26-51)27-53-28-32/h2-25,27-30H. The van der Waals surface area contributed by atoms with Gasteiger partial charge in [-0.15, -0.1) is 0 Å². The van der Waals surface area contributed by atoms with Gasteiger partial charge in [-0.2, -0.15) is 5.26 Å². The van der Waals surface area contributed by atoms with E-state index in [0.717, 1.165) is 99.2 Å². The molecule has 4 heterocycles. The third kappa shape index (κ3) is 5.33. The summed E-state index contributed by atoms with van der Waals surface area (Å²) in [5.74, 6) is 0. The van der Waals surface area contributed by atoms with Gasteiger partial charge in [0.2, 0.25) is 5.69 Å². The molecule has 0 aliphatic heterocycles. The summed E-state index contributed by atoms with van der Waals surface area (Å²) >= 11 is 0. The zero-order chi connectivity index (χ0) is 37.6. The molecule has 10 aromatic rings. The predicted octanol–water partition coefficient (Wildman–Crippen LogP) is 12.6. The highest BCUT2D eigenvalue weighted by Crippen LogP contribution is 2.49. The molecular formula is C50H28N6. The summed E-state index contributed by atoms with van der Waals surface area (Å²) in [6.07, 6.45) is 6.65. The molecule has 0 saturated heterocycles. The van der Waals surface area contributed by atoms with Gasteiger partial charge in [-0.3, -0.25) is 9.97 Å². The highest BCUT2D eigenvalue weighted by Gasteiger charge is 2.23. The van der Waals surface area contributed by atoms with Crippen molar-refractivity contribution in [1.82, 2.24) is 19.9 Å². The van der Waals surface area contributed by atoms with Crippen LogP contribution in [0.15, 0.2) is 170 Å². The Hall–Kier alpha value is -8.06. The Balaban J connectivity index is 1.26. The Bertz CT molecular complexity index is 2960. The zero-order valence-electron chi connectivity index (χ0n) is 29.8. The molecule has 0 unspecified atom stereocenters. The van der Waals surface area contributed by atoms with E-state index >= 15 is 0 Å². The molecule has 6 heteroatoms. The molecule has 0 radical (unpaired) electrons. The SMILES string of the molecule is [C-]#[N+]c1cncc(-c2cccc(-c3c4ccccc4c(-c4c5ccccc5c(-c5cccc(-c6cncc(C#N)c6)n5)c5ccccc45)c4ccccc34)n2)c1. The van der Waals surface area contributed by atoms with Crippen molar-refractivity contribution in [3.63, 3.8) is 0 Å². The highest BCUT2D eigenvalue weighted by atomic mass is 14.8. The molecule has 6 aromatic carbocycles. The Kier molecular flexibility index (Phi) is 7.80. The van der Waals surface area contributed by atoms with E-state index in [1.807, 2.05) is 36.4 Å². The lowest BCUT2D eigenvalue weighted by Gasteiger charge is -2.22. The van der Waals surface area contributed by atoms with Crippen LogP contribution in [-0.2, 0) is 0 Å². The van der Waals surface area contributed by atoms with Crippen molar-refractivity contribution in [3.05, 3.63) is 187 Å². The van der Waals surface area contributed by atoms with Gasteiger partial charge in [0.15, 0.2) is 0 Å². The van der Waals surface area contributed by atoms with E-state index in [4.69, 9.17) is 16.5 Å². The second kappa shape index (κ2) is 13.4. The van der Waals surface area contributed by atoms with Crippen LogP contribution in [0.5, 0.6) is 0 Å². The minimum absolute atomic E-state index is 0.478. The zero-order valence-corrected chi connectivity index (χ0v) is 29.8. The molecule has 6 nitrogen and oxygen atoms in total. The van der Waals surface area contributed by atoms with Crippen LogP contribution in [0.25, 0.3) is 104 Å². The topological polar surface area (TPSA) is 79.7 Å². The normalized spacial score (nSPS) is 11.2. The van der Waals surface area contributed by atoms with E-state index in [-0.39, 0.29) is 0 Å². The number of nitrogens with zero attached hydrogens (tertiary/aromatic N) is 6. The van der Waals surface area contributed by atoms with Crippen molar-refractivity contribution in [2.45, 2.75) is 0 Å². The fourth-order valence-electron chi connectivity index (χ4n) is 8.09. The summed E-state index contributed by atoms with van der Waals surface area (Å²) in [5, 5.41) is 18.4. The van der Waals surface area contributed by atoms with Crippen LogP contribution in [-0.4, -0.2) is 19.9 Å². The number of pyridine rings is 4. The Labute approximate surface area is 322 Å². The summed E-state index contributed by atoms with van der Waals surface area (Å²) < 4.78 is 0. The number of hydrogen-bond acceptors (Lipinski definition) is 5. The Morgan fingerprint density at radius 2 is 0.786 bits per heavy atom. The van der Waals surface area contributed by atoms with E-state index in [0.29, 0.717) is 11.3 Å². The van der Waals surface area contributed by atoms with Gasteiger partial charge in [0, 0.05) is 47.0 Å². The van der Waals surface area contributed by atoms with E-state index in [9.17, 15) is 5.26 Å². The molecule has 0 amide bonds. The second-order valence-electron chi connectivity index (χ2n) is 13.6. The largest absolute Gasteiger partial charge is 0.276 e. The first kappa shape index (κ1) is 32.6. The Morgan fingerprint density at radius 1 is 0.411 bits per heavy atom. The number of rotatable bonds is 5. The van der Waals surface area contributed by atoms with Crippen LogP contribution in [0.3, 0.4) is 0 Å². The second-order valence-corrected chi connectivity index (χ2v) is 13.6. The van der Waals surface area contributed by atoms with Gasteiger partial charge in [-0.05, 0) is 90.6 Å². The molecule has 10 rings (SSSR count). The first-order chi connectivity index (χ1) is 27.7. The third-order valence-corrected chi connectivity index (χ3v) is 10.4. The van der Waals surface area contributed by atoms with Gasteiger partial charge in [0.1, 0.15) is 6.07 Å². The van der Waals surface area contributed by atoms with Crippen molar-refractivity contribution in [3.8, 4) is 62.2 Å². The number of nitriles is 1. The van der Waals surface area contributed by atoms with E-state index in [1.54, 1.807) is 24.8 Å². The maximum absolute atomic E-state index is 9.55. The summed E-state index contributed by atoms with van der Waals surface area (Å²) in [5.41, 5.74) is 10.2. The molecule has 0 atom stereocenters. The quantitative estimate of drug-likeness (QED) is 0.131. The van der Waals surface area contributed by atoms with E-state index in [1.165, 1.54) is 0 Å². The van der Waals surface area contributed by atoms with Crippen LogP contribution in [0.4, 0.5) is 5.69 Å². The molecule has 4 aromatic heterocycles. The van der Waals surface area contributed by atoms with Crippen molar-refractivity contribution in [1.29, 1.82) is 5.26 Å². The van der Waals surface area contributed by atoms with Gasteiger partial charge in [-0.1, -0.05) is 109 Å². The van der Waals surface area contributed by atoms with Crippen molar-refractivity contribution in [2.24, 2.45) is 0 Å². The van der Waals surface area contributed by atoms with Crippen LogP contribution >= 0.6 is 0 Å². The predicted molar refractivity (Wildman–Crippen MR) is 226 cm³/mol. The van der Waals surface area contributed by atoms with E-state index < -0.39 is 0 Å². The minimum Gasteiger partial charge on any atom is -0.276 e. The summed E-state index contributed by atoms with van der Waals surface area (Å²) in [7, 11) is 0. The third-order valence-electron chi connectivity index (χ3n) is 10.4.